The van der Waals surface area contributed by atoms with Crippen molar-refractivity contribution in [1.82, 2.24) is 9.97 Å². The van der Waals surface area contributed by atoms with E-state index < -0.39 is 5.69 Å². The SMILES string of the molecule is COc1ccc(Cc2[nH]c(=O)[nH]c2O)cc1OC. The number of hydrogen-bond donors (Lipinski definition) is 3. The molecule has 0 aliphatic carbocycles. The van der Waals surface area contributed by atoms with E-state index in [1.54, 1.807) is 26.4 Å². The molecule has 0 aliphatic rings. The number of H-pyrrole nitrogens is 2. The van der Waals surface area contributed by atoms with Crippen LogP contribution in [0.2, 0.25) is 0 Å². The highest BCUT2D eigenvalue weighted by Crippen LogP contribution is 2.28. The van der Waals surface area contributed by atoms with Gasteiger partial charge >= 0.3 is 5.69 Å². The van der Waals surface area contributed by atoms with E-state index >= 15 is 0 Å². The van der Waals surface area contributed by atoms with Crippen molar-refractivity contribution in [3.63, 3.8) is 0 Å². The highest BCUT2D eigenvalue weighted by atomic mass is 16.5. The van der Waals surface area contributed by atoms with Gasteiger partial charge in [-0.25, -0.2) is 4.79 Å². The average Bonchev–Trinajstić information content (AvgIpc) is 2.67. The molecule has 96 valence electrons. The van der Waals surface area contributed by atoms with Crippen LogP contribution in [0, 0.1) is 0 Å². The second-order valence-electron chi connectivity index (χ2n) is 3.77. The first-order valence-electron chi connectivity index (χ1n) is 5.35. The van der Waals surface area contributed by atoms with Gasteiger partial charge in [-0.3, -0.25) is 4.98 Å². The summed E-state index contributed by atoms with van der Waals surface area (Å²) in [6.07, 6.45) is 0.394. The van der Waals surface area contributed by atoms with Crippen molar-refractivity contribution < 1.29 is 14.6 Å². The molecule has 0 saturated heterocycles. The predicted octanol–water partition coefficient (Wildman–Crippen LogP) is 1.02. The van der Waals surface area contributed by atoms with Crippen LogP contribution in [0.5, 0.6) is 17.4 Å². The monoisotopic (exact) mass is 250 g/mol. The Bertz CT molecular complexity index is 600. The molecule has 6 nitrogen and oxygen atoms in total. The Balaban J connectivity index is 2.29. The van der Waals surface area contributed by atoms with Gasteiger partial charge in [0.15, 0.2) is 11.5 Å². The molecule has 0 saturated carbocycles. The zero-order valence-corrected chi connectivity index (χ0v) is 10.1. The first-order valence-corrected chi connectivity index (χ1v) is 5.35. The van der Waals surface area contributed by atoms with Gasteiger partial charge < -0.3 is 19.6 Å². The second-order valence-corrected chi connectivity index (χ2v) is 3.77. The van der Waals surface area contributed by atoms with Crippen molar-refractivity contribution in [1.29, 1.82) is 0 Å². The molecule has 2 aromatic rings. The minimum Gasteiger partial charge on any atom is -0.493 e. The van der Waals surface area contributed by atoms with Gasteiger partial charge in [0.1, 0.15) is 0 Å². The van der Waals surface area contributed by atoms with Gasteiger partial charge in [0.2, 0.25) is 5.88 Å². The molecule has 0 bridgehead atoms. The fourth-order valence-electron chi connectivity index (χ4n) is 1.73. The maximum Gasteiger partial charge on any atom is 0.325 e. The number of aromatic hydroxyl groups is 1. The summed E-state index contributed by atoms with van der Waals surface area (Å²) in [4.78, 5) is 15.8. The van der Waals surface area contributed by atoms with Crippen molar-refractivity contribution >= 4 is 0 Å². The summed E-state index contributed by atoms with van der Waals surface area (Å²) in [6, 6.07) is 5.41. The molecule has 0 atom stereocenters. The molecule has 3 N–H and O–H groups in total. The normalized spacial score (nSPS) is 10.3. The lowest BCUT2D eigenvalue weighted by atomic mass is 10.1. The number of benzene rings is 1. The van der Waals surface area contributed by atoms with E-state index in [1.165, 1.54) is 0 Å². The smallest absolute Gasteiger partial charge is 0.325 e. The zero-order valence-electron chi connectivity index (χ0n) is 10.1. The number of methoxy groups -OCH3 is 2. The Morgan fingerprint density at radius 2 is 1.89 bits per heavy atom. The van der Waals surface area contributed by atoms with Crippen LogP contribution < -0.4 is 15.2 Å². The Hall–Kier alpha value is -2.37. The van der Waals surface area contributed by atoms with Crippen molar-refractivity contribution in [2.24, 2.45) is 0 Å². The highest BCUT2D eigenvalue weighted by molar-refractivity contribution is 5.44. The van der Waals surface area contributed by atoms with Gasteiger partial charge in [0.25, 0.3) is 0 Å². The third kappa shape index (κ3) is 2.32. The minimum atomic E-state index is -0.428. The molecule has 1 heterocycles. The minimum absolute atomic E-state index is 0.144. The molecule has 1 aromatic carbocycles. The lowest BCUT2D eigenvalue weighted by Gasteiger charge is -2.09. The summed E-state index contributed by atoms with van der Waals surface area (Å²) >= 11 is 0. The van der Waals surface area contributed by atoms with Gasteiger partial charge in [0, 0.05) is 6.42 Å². The van der Waals surface area contributed by atoms with E-state index in [-0.39, 0.29) is 5.88 Å². The molecule has 6 heteroatoms. The lowest BCUT2D eigenvalue weighted by molar-refractivity contribution is 0.354. The summed E-state index contributed by atoms with van der Waals surface area (Å²) in [7, 11) is 3.12. The highest BCUT2D eigenvalue weighted by Gasteiger charge is 2.09. The Morgan fingerprint density at radius 1 is 1.17 bits per heavy atom. The van der Waals surface area contributed by atoms with Crippen molar-refractivity contribution in [2.75, 3.05) is 14.2 Å². The molecule has 1 aromatic heterocycles. The summed E-state index contributed by atoms with van der Waals surface area (Å²) in [5.74, 6) is 1.09. The van der Waals surface area contributed by atoms with Crippen LogP contribution in [-0.4, -0.2) is 29.3 Å². The quantitative estimate of drug-likeness (QED) is 0.756. The van der Waals surface area contributed by atoms with E-state index in [0.717, 1.165) is 5.56 Å². The summed E-state index contributed by atoms with van der Waals surface area (Å²) in [5, 5.41) is 9.48. The molecule has 0 spiro atoms. The number of rotatable bonds is 4. The third-order valence-corrected chi connectivity index (χ3v) is 2.61. The topological polar surface area (TPSA) is 87.3 Å². The van der Waals surface area contributed by atoms with Crippen LogP contribution in [0.3, 0.4) is 0 Å². The molecule has 0 unspecified atom stereocenters. The fourth-order valence-corrected chi connectivity index (χ4v) is 1.73. The van der Waals surface area contributed by atoms with Crippen LogP contribution in [0.15, 0.2) is 23.0 Å². The Kier molecular flexibility index (Phi) is 3.27. The van der Waals surface area contributed by atoms with Gasteiger partial charge in [-0.15, -0.1) is 0 Å². The van der Waals surface area contributed by atoms with Crippen LogP contribution >= 0.6 is 0 Å². The maximum absolute atomic E-state index is 11.0. The van der Waals surface area contributed by atoms with Crippen LogP contribution in [0.4, 0.5) is 0 Å². The zero-order chi connectivity index (χ0) is 13.1. The van der Waals surface area contributed by atoms with Gasteiger partial charge in [-0.1, -0.05) is 6.07 Å². The van der Waals surface area contributed by atoms with E-state index in [2.05, 4.69) is 9.97 Å². The van der Waals surface area contributed by atoms with E-state index in [0.29, 0.717) is 23.6 Å². The predicted molar refractivity (Wildman–Crippen MR) is 65.4 cm³/mol. The van der Waals surface area contributed by atoms with E-state index in [4.69, 9.17) is 9.47 Å². The molecular formula is C12H14N2O4. The number of aromatic nitrogens is 2. The van der Waals surface area contributed by atoms with Gasteiger partial charge in [0.05, 0.1) is 19.9 Å². The molecule has 0 aliphatic heterocycles. The maximum atomic E-state index is 11.0. The molecule has 0 amide bonds. The third-order valence-electron chi connectivity index (χ3n) is 2.61. The number of hydrogen-bond acceptors (Lipinski definition) is 4. The first-order chi connectivity index (χ1) is 8.63. The molecule has 18 heavy (non-hydrogen) atoms. The van der Waals surface area contributed by atoms with Crippen LogP contribution in [-0.2, 0) is 6.42 Å². The molecule has 0 radical (unpaired) electrons. The lowest BCUT2D eigenvalue weighted by Crippen LogP contribution is -2.01. The van der Waals surface area contributed by atoms with Crippen LogP contribution in [0.1, 0.15) is 11.3 Å². The Morgan fingerprint density at radius 3 is 2.44 bits per heavy atom. The number of aromatic amines is 2. The summed E-state index contributed by atoms with van der Waals surface area (Å²) in [5.41, 5.74) is 0.897. The Labute approximate surface area is 103 Å². The average molecular weight is 250 g/mol. The van der Waals surface area contributed by atoms with E-state index in [1.807, 2.05) is 6.07 Å². The summed E-state index contributed by atoms with van der Waals surface area (Å²) < 4.78 is 10.3. The van der Waals surface area contributed by atoms with E-state index in [9.17, 15) is 9.90 Å². The van der Waals surface area contributed by atoms with Crippen molar-refractivity contribution in [3.05, 3.63) is 39.9 Å². The van der Waals surface area contributed by atoms with Crippen molar-refractivity contribution in [2.45, 2.75) is 6.42 Å². The van der Waals surface area contributed by atoms with Crippen molar-refractivity contribution in [3.8, 4) is 17.4 Å². The first kappa shape index (κ1) is 12.1. The molecular weight excluding hydrogens is 236 g/mol. The summed E-state index contributed by atoms with van der Waals surface area (Å²) in [6.45, 7) is 0. The standard InChI is InChI=1S/C12H14N2O4/c1-17-9-4-3-7(6-10(9)18-2)5-8-11(15)14-12(16)13-8/h3-4,6,15H,5H2,1-2H3,(H2,13,14,16). The largest absolute Gasteiger partial charge is 0.493 e. The fraction of sp³-hybridized carbons (Fsp3) is 0.250. The van der Waals surface area contributed by atoms with Crippen LogP contribution in [0.25, 0.3) is 0 Å². The number of ether oxygens (including phenoxy) is 2. The van der Waals surface area contributed by atoms with Gasteiger partial charge in [-0.2, -0.15) is 0 Å². The number of nitrogens with one attached hydrogen (secondary N) is 2. The molecule has 0 fully saturated rings. The number of imidazole rings is 1. The second kappa shape index (κ2) is 4.87. The van der Waals surface area contributed by atoms with Gasteiger partial charge in [-0.05, 0) is 17.7 Å². The molecule has 2 rings (SSSR count).